The van der Waals surface area contributed by atoms with Crippen LogP contribution in [0.25, 0.3) is 10.2 Å². The number of rotatable bonds is 7. The van der Waals surface area contributed by atoms with Gasteiger partial charge in [0.1, 0.15) is 5.75 Å². The quantitative estimate of drug-likeness (QED) is 0.527. The average Bonchev–Trinajstić information content (AvgIpc) is 3.20. The van der Waals surface area contributed by atoms with E-state index in [-0.39, 0.29) is 16.8 Å². The SMILES string of the molecule is CCOc1ccc2nc(NC(=O)c3ccc(S(=O)(=O)N4CCCCC4CC)cc3)sc2c1. The van der Waals surface area contributed by atoms with E-state index in [2.05, 4.69) is 10.3 Å². The molecule has 7 nitrogen and oxygen atoms in total. The van der Waals surface area contributed by atoms with Crippen LogP contribution in [-0.4, -0.2) is 42.8 Å². The summed E-state index contributed by atoms with van der Waals surface area (Å²) < 4.78 is 34.3. The van der Waals surface area contributed by atoms with Gasteiger partial charge in [-0.05, 0) is 68.7 Å². The zero-order valence-corrected chi connectivity index (χ0v) is 19.8. The third kappa shape index (κ3) is 4.65. The number of carbonyl (C=O) groups excluding carboxylic acids is 1. The zero-order chi connectivity index (χ0) is 22.7. The molecule has 0 aliphatic carbocycles. The maximum Gasteiger partial charge on any atom is 0.257 e. The lowest BCUT2D eigenvalue weighted by Crippen LogP contribution is -2.43. The molecule has 1 aromatic heterocycles. The maximum atomic E-state index is 13.1. The van der Waals surface area contributed by atoms with Gasteiger partial charge in [-0.2, -0.15) is 4.31 Å². The van der Waals surface area contributed by atoms with Crippen molar-refractivity contribution >= 4 is 42.6 Å². The first-order chi connectivity index (χ1) is 15.4. The van der Waals surface area contributed by atoms with Gasteiger partial charge in [0.05, 0.1) is 21.7 Å². The highest BCUT2D eigenvalue weighted by atomic mass is 32.2. The summed E-state index contributed by atoms with van der Waals surface area (Å²) in [6.45, 7) is 5.07. The zero-order valence-electron chi connectivity index (χ0n) is 18.2. The lowest BCUT2D eigenvalue weighted by Gasteiger charge is -2.34. The van der Waals surface area contributed by atoms with Crippen molar-refractivity contribution in [2.45, 2.75) is 50.5 Å². The summed E-state index contributed by atoms with van der Waals surface area (Å²) >= 11 is 1.36. The second-order valence-electron chi connectivity index (χ2n) is 7.73. The lowest BCUT2D eigenvalue weighted by molar-refractivity contribution is 0.102. The van der Waals surface area contributed by atoms with Crippen molar-refractivity contribution in [3.63, 3.8) is 0 Å². The van der Waals surface area contributed by atoms with Crippen LogP contribution in [0.2, 0.25) is 0 Å². The smallest absolute Gasteiger partial charge is 0.257 e. The first-order valence-corrected chi connectivity index (χ1v) is 13.1. The number of benzene rings is 2. The minimum atomic E-state index is -3.57. The average molecular weight is 474 g/mol. The normalized spacial score (nSPS) is 17.4. The number of piperidine rings is 1. The number of nitrogens with one attached hydrogen (secondary N) is 1. The van der Waals surface area contributed by atoms with Crippen LogP contribution in [0.4, 0.5) is 5.13 Å². The molecule has 0 spiro atoms. The molecule has 1 unspecified atom stereocenters. The number of hydrogen-bond acceptors (Lipinski definition) is 6. The highest BCUT2D eigenvalue weighted by Gasteiger charge is 2.32. The van der Waals surface area contributed by atoms with Gasteiger partial charge in [0, 0.05) is 18.2 Å². The molecule has 1 fully saturated rings. The van der Waals surface area contributed by atoms with Crippen molar-refractivity contribution in [3.8, 4) is 5.75 Å². The Morgan fingerprint density at radius 3 is 2.69 bits per heavy atom. The van der Waals surface area contributed by atoms with Gasteiger partial charge < -0.3 is 4.74 Å². The molecule has 9 heteroatoms. The fourth-order valence-corrected chi connectivity index (χ4v) is 6.65. The van der Waals surface area contributed by atoms with Crippen LogP contribution >= 0.6 is 11.3 Å². The van der Waals surface area contributed by atoms with Crippen molar-refractivity contribution in [3.05, 3.63) is 48.0 Å². The van der Waals surface area contributed by atoms with E-state index in [4.69, 9.17) is 4.74 Å². The fraction of sp³-hybridized carbons (Fsp3) is 0.391. The molecule has 2 heterocycles. The number of amides is 1. The molecule has 0 saturated carbocycles. The number of nitrogens with zero attached hydrogens (tertiary/aromatic N) is 2. The fourth-order valence-electron chi connectivity index (χ4n) is 4.00. The summed E-state index contributed by atoms with van der Waals surface area (Å²) in [5.74, 6) is 0.430. The van der Waals surface area contributed by atoms with E-state index in [1.165, 1.54) is 23.5 Å². The predicted molar refractivity (Wildman–Crippen MR) is 127 cm³/mol. The van der Waals surface area contributed by atoms with E-state index in [0.29, 0.717) is 23.8 Å². The van der Waals surface area contributed by atoms with E-state index in [0.717, 1.165) is 41.6 Å². The van der Waals surface area contributed by atoms with Crippen molar-refractivity contribution in [2.75, 3.05) is 18.5 Å². The summed E-state index contributed by atoms with van der Waals surface area (Å²) in [6, 6.07) is 11.8. The first-order valence-electron chi connectivity index (χ1n) is 10.9. The number of fused-ring (bicyclic) bond motifs is 1. The predicted octanol–water partition coefficient (Wildman–Crippen LogP) is 4.90. The molecular weight excluding hydrogens is 446 g/mol. The number of anilines is 1. The first kappa shape index (κ1) is 22.7. The summed E-state index contributed by atoms with van der Waals surface area (Å²) in [6.07, 6.45) is 3.63. The van der Waals surface area contributed by atoms with Crippen LogP contribution in [0.5, 0.6) is 5.75 Å². The second kappa shape index (κ2) is 9.56. The minimum absolute atomic E-state index is 0.0407. The molecule has 1 N–H and O–H groups in total. The topological polar surface area (TPSA) is 88.6 Å². The van der Waals surface area contributed by atoms with Crippen LogP contribution in [0.3, 0.4) is 0 Å². The molecule has 2 aromatic carbocycles. The molecule has 1 atom stereocenters. The summed E-state index contributed by atoms with van der Waals surface area (Å²) in [7, 11) is -3.57. The molecule has 1 amide bonds. The third-order valence-electron chi connectivity index (χ3n) is 5.66. The van der Waals surface area contributed by atoms with Crippen LogP contribution in [0.1, 0.15) is 49.9 Å². The lowest BCUT2D eigenvalue weighted by atomic mass is 10.0. The van der Waals surface area contributed by atoms with Crippen molar-refractivity contribution in [1.29, 1.82) is 0 Å². The van der Waals surface area contributed by atoms with Gasteiger partial charge >= 0.3 is 0 Å². The number of ether oxygens (including phenoxy) is 1. The second-order valence-corrected chi connectivity index (χ2v) is 10.7. The summed E-state index contributed by atoms with van der Waals surface area (Å²) in [5, 5.41) is 3.29. The van der Waals surface area contributed by atoms with Gasteiger partial charge in [-0.1, -0.05) is 24.7 Å². The minimum Gasteiger partial charge on any atom is -0.494 e. The van der Waals surface area contributed by atoms with Crippen molar-refractivity contribution in [2.24, 2.45) is 0 Å². The van der Waals surface area contributed by atoms with Crippen LogP contribution < -0.4 is 10.1 Å². The Balaban J connectivity index is 1.49. The number of aromatic nitrogens is 1. The molecule has 0 bridgehead atoms. The van der Waals surface area contributed by atoms with Crippen LogP contribution in [0, 0.1) is 0 Å². The number of sulfonamides is 1. The molecule has 3 aromatic rings. The van der Waals surface area contributed by atoms with Gasteiger partial charge in [-0.25, -0.2) is 13.4 Å². The van der Waals surface area contributed by atoms with E-state index in [1.807, 2.05) is 32.0 Å². The van der Waals surface area contributed by atoms with Crippen LogP contribution in [0.15, 0.2) is 47.4 Å². The van der Waals surface area contributed by atoms with E-state index in [9.17, 15) is 13.2 Å². The van der Waals surface area contributed by atoms with E-state index >= 15 is 0 Å². The van der Waals surface area contributed by atoms with Crippen molar-refractivity contribution in [1.82, 2.24) is 9.29 Å². The third-order valence-corrected chi connectivity index (χ3v) is 8.56. The standard InChI is InChI=1S/C23H27N3O4S2/c1-3-17-7-5-6-14-26(17)32(28,29)19-11-8-16(9-12-19)22(27)25-23-24-20-13-10-18(30-4-2)15-21(20)31-23/h8-13,15,17H,3-7,14H2,1-2H3,(H,24,25,27). The number of thiazole rings is 1. The Hall–Kier alpha value is -2.49. The Labute approximate surface area is 192 Å². The summed E-state index contributed by atoms with van der Waals surface area (Å²) in [5.41, 5.74) is 1.16. The summed E-state index contributed by atoms with van der Waals surface area (Å²) in [4.78, 5) is 17.4. The number of carbonyl (C=O) groups is 1. The Morgan fingerprint density at radius 2 is 1.97 bits per heavy atom. The Kier molecular flexibility index (Phi) is 6.78. The van der Waals surface area contributed by atoms with Gasteiger partial charge in [0.2, 0.25) is 10.0 Å². The molecule has 32 heavy (non-hydrogen) atoms. The highest BCUT2D eigenvalue weighted by Crippen LogP contribution is 2.30. The van der Waals surface area contributed by atoms with Gasteiger partial charge in [0.15, 0.2) is 5.13 Å². The molecule has 170 valence electrons. The Morgan fingerprint density at radius 1 is 1.19 bits per heavy atom. The molecule has 4 rings (SSSR count). The van der Waals surface area contributed by atoms with Crippen LogP contribution in [-0.2, 0) is 10.0 Å². The maximum absolute atomic E-state index is 13.1. The molecule has 1 saturated heterocycles. The number of hydrogen-bond donors (Lipinski definition) is 1. The highest BCUT2D eigenvalue weighted by molar-refractivity contribution is 7.89. The van der Waals surface area contributed by atoms with Gasteiger partial charge in [-0.15, -0.1) is 0 Å². The molecule has 1 aliphatic rings. The molecular formula is C23H27N3O4S2. The molecule has 1 aliphatic heterocycles. The van der Waals surface area contributed by atoms with Crippen molar-refractivity contribution < 1.29 is 17.9 Å². The molecule has 0 radical (unpaired) electrons. The van der Waals surface area contributed by atoms with E-state index < -0.39 is 10.0 Å². The Bertz CT molecular complexity index is 1210. The van der Waals surface area contributed by atoms with Gasteiger partial charge in [0.25, 0.3) is 5.91 Å². The largest absolute Gasteiger partial charge is 0.494 e. The van der Waals surface area contributed by atoms with Gasteiger partial charge in [-0.3, -0.25) is 10.1 Å². The van der Waals surface area contributed by atoms with E-state index in [1.54, 1.807) is 16.4 Å². The monoisotopic (exact) mass is 473 g/mol.